The molecule has 60 valence electrons. The van der Waals surface area contributed by atoms with Crippen molar-refractivity contribution in [1.82, 2.24) is 0 Å². The topological polar surface area (TPSA) is 27.7 Å². The molecule has 1 rings (SSSR count). The van der Waals surface area contributed by atoms with Crippen LogP contribution in [-0.2, 0) is 12.5 Å². The van der Waals surface area contributed by atoms with Crippen LogP contribution in [0.25, 0.3) is 0 Å². The summed E-state index contributed by atoms with van der Waals surface area (Å²) in [6.45, 7) is 1.43. The molecule has 0 aromatic heterocycles. The first-order chi connectivity index (χ1) is 4.88. The molecular formula is C6H11IO3. The highest BCUT2D eigenvalue weighted by atomic mass is 127. The first kappa shape index (κ1) is 8.70. The van der Waals surface area contributed by atoms with Gasteiger partial charge < -0.3 is 12.5 Å². The lowest BCUT2D eigenvalue weighted by Crippen LogP contribution is -2.26. The van der Waals surface area contributed by atoms with Crippen LogP contribution in [0.5, 0.6) is 0 Å². The van der Waals surface area contributed by atoms with Gasteiger partial charge in [-0.05, 0) is 0 Å². The van der Waals surface area contributed by atoms with E-state index in [-0.39, 0.29) is 12.2 Å². The lowest BCUT2D eigenvalue weighted by Gasteiger charge is -2.13. The third kappa shape index (κ3) is 2.05. The van der Waals surface area contributed by atoms with Crippen LogP contribution in [0.4, 0.5) is 0 Å². The highest BCUT2D eigenvalue weighted by molar-refractivity contribution is 14.1. The monoisotopic (exact) mass is 258 g/mol. The molecule has 0 bridgehead atoms. The summed E-state index contributed by atoms with van der Waals surface area (Å²) in [6, 6.07) is 0. The molecule has 1 fully saturated rings. The van der Waals surface area contributed by atoms with Gasteiger partial charge in [0, 0.05) is 20.1 Å². The highest BCUT2D eigenvalue weighted by Gasteiger charge is 2.28. The maximum atomic E-state index is 5.34. The maximum Gasteiger partial charge on any atom is 0.110 e. The standard InChI is InChI=1S/C6H11IO3/c1-8-4-6-5(10-7)2-3-9-6/h5-6H,2-4H2,1H3. The molecule has 0 aromatic rings. The van der Waals surface area contributed by atoms with Gasteiger partial charge >= 0.3 is 0 Å². The zero-order valence-corrected chi connectivity index (χ0v) is 8.04. The first-order valence-electron chi connectivity index (χ1n) is 3.26. The van der Waals surface area contributed by atoms with E-state index >= 15 is 0 Å². The van der Waals surface area contributed by atoms with Gasteiger partial charge in [-0.15, -0.1) is 0 Å². The predicted molar refractivity (Wildman–Crippen MR) is 45.1 cm³/mol. The van der Waals surface area contributed by atoms with E-state index in [2.05, 4.69) is 0 Å². The van der Waals surface area contributed by atoms with Crippen molar-refractivity contribution in [3.8, 4) is 0 Å². The molecule has 1 saturated heterocycles. The van der Waals surface area contributed by atoms with Crippen molar-refractivity contribution < 1.29 is 12.5 Å². The molecule has 2 atom stereocenters. The van der Waals surface area contributed by atoms with Gasteiger partial charge in [0.2, 0.25) is 0 Å². The summed E-state index contributed by atoms with van der Waals surface area (Å²) in [6.07, 6.45) is 1.35. The van der Waals surface area contributed by atoms with Crippen LogP contribution in [-0.4, -0.2) is 32.5 Å². The van der Waals surface area contributed by atoms with Gasteiger partial charge in [0.25, 0.3) is 0 Å². The van der Waals surface area contributed by atoms with Crippen molar-refractivity contribution >= 4 is 23.0 Å². The van der Waals surface area contributed by atoms with Gasteiger partial charge in [0.15, 0.2) is 0 Å². The van der Waals surface area contributed by atoms with E-state index < -0.39 is 0 Å². The predicted octanol–water partition coefficient (Wildman–Crippen LogP) is 1.16. The van der Waals surface area contributed by atoms with E-state index in [0.717, 1.165) is 13.0 Å². The molecule has 0 N–H and O–H groups in total. The summed E-state index contributed by atoms with van der Waals surface area (Å²) in [7, 11) is 1.67. The second kappa shape index (κ2) is 4.48. The minimum atomic E-state index is 0.141. The number of ether oxygens (including phenoxy) is 2. The van der Waals surface area contributed by atoms with Gasteiger partial charge in [-0.3, -0.25) is 0 Å². The van der Waals surface area contributed by atoms with Crippen molar-refractivity contribution in [2.45, 2.75) is 18.6 Å². The fourth-order valence-electron chi connectivity index (χ4n) is 1.05. The number of hydrogen-bond donors (Lipinski definition) is 0. The van der Waals surface area contributed by atoms with Crippen molar-refractivity contribution in [2.24, 2.45) is 0 Å². The van der Waals surface area contributed by atoms with Crippen LogP contribution in [0.15, 0.2) is 0 Å². The van der Waals surface area contributed by atoms with Crippen LogP contribution < -0.4 is 0 Å². The van der Waals surface area contributed by atoms with E-state index in [9.17, 15) is 0 Å². The molecule has 2 unspecified atom stereocenters. The van der Waals surface area contributed by atoms with Crippen molar-refractivity contribution in [1.29, 1.82) is 0 Å². The Hall–Kier alpha value is 0.610. The Labute approximate surface area is 74.7 Å². The van der Waals surface area contributed by atoms with Crippen LogP contribution in [0.2, 0.25) is 0 Å². The molecule has 0 saturated carbocycles. The quantitative estimate of drug-likeness (QED) is 0.711. The molecule has 0 spiro atoms. The van der Waals surface area contributed by atoms with Gasteiger partial charge in [-0.25, -0.2) is 0 Å². The molecular weight excluding hydrogens is 247 g/mol. The van der Waals surface area contributed by atoms with E-state index in [1.165, 1.54) is 0 Å². The van der Waals surface area contributed by atoms with Gasteiger partial charge in [0.05, 0.1) is 6.61 Å². The minimum absolute atomic E-state index is 0.141. The lowest BCUT2D eigenvalue weighted by atomic mass is 10.2. The van der Waals surface area contributed by atoms with Crippen LogP contribution in [0, 0.1) is 0 Å². The first-order valence-corrected chi connectivity index (χ1v) is 4.14. The number of rotatable bonds is 3. The second-order valence-electron chi connectivity index (χ2n) is 2.28. The Balaban J connectivity index is 2.27. The SMILES string of the molecule is COCC1OCCC1OI. The Bertz CT molecular complexity index is 99.0. The van der Waals surface area contributed by atoms with Crippen LogP contribution in [0.1, 0.15) is 6.42 Å². The van der Waals surface area contributed by atoms with Crippen molar-refractivity contribution in [3.05, 3.63) is 0 Å². The Morgan fingerprint density at radius 1 is 1.70 bits per heavy atom. The van der Waals surface area contributed by atoms with E-state index in [1.807, 2.05) is 23.0 Å². The summed E-state index contributed by atoms with van der Waals surface area (Å²) in [4.78, 5) is 0. The molecule has 1 aliphatic heterocycles. The largest absolute Gasteiger partial charge is 0.382 e. The molecule has 0 aromatic carbocycles. The summed E-state index contributed by atoms with van der Waals surface area (Å²) in [5.74, 6) is 0. The van der Waals surface area contributed by atoms with Gasteiger partial charge in [-0.1, -0.05) is 0 Å². The Kier molecular flexibility index (Phi) is 3.90. The van der Waals surface area contributed by atoms with Gasteiger partial charge in [0.1, 0.15) is 35.2 Å². The van der Waals surface area contributed by atoms with E-state index in [0.29, 0.717) is 6.61 Å². The Morgan fingerprint density at radius 3 is 3.10 bits per heavy atom. The molecule has 3 nitrogen and oxygen atoms in total. The minimum Gasteiger partial charge on any atom is -0.382 e. The fourth-order valence-corrected chi connectivity index (χ4v) is 1.63. The smallest absolute Gasteiger partial charge is 0.110 e. The summed E-state index contributed by atoms with van der Waals surface area (Å²) >= 11 is 1.91. The van der Waals surface area contributed by atoms with Crippen LogP contribution >= 0.6 is 23.0 Å². The molecule has 1 aliphatic rings. The van der Waals surface area contributed by atoms with E-state index in [4.69, 9.17) is 12.5 Å². The normalized spacial score (nSPS) is 33.0. The zero-order valence-electron chi connectivity index (χ0n) is 5.88. The lowest BCUT2D eigenvalue weighted by molar-refractivity contribution is 0.00749. The maximum absolute atomic E-state index is 5.34. The average Bonchev–Trinajstić information content (AvgIpc) is 2.36. The fraction of sp³-hybridized carbons (Fsp3) is 1.00. The zero-order chi connectivity index (χ0) is 7.40. The highest BCUT2D eigenvalue weighted by Crippen LogP contribution is 2.19. The Morgan fingerprint density at radius 2 is 2.50 bits per heavy atom. The average molecular weight is 258 g/mol. The number of halogens is 1. The second-order valence-corrected chi connectivity index (χ2v) is 2.79. The van der Waals surface area contributed by atoms with Gasteiger partial charge in [-0.2, -0.15) is 0 Å². The molecule has 10 heavy (non-hydrogen) atoms. The van der Waals surface area contributed by atoms with E-state index in [1.54, 1.807) is 7.11 Å². The summed E-state index contributed by atoms with van der Waals surface area (Å²) in [5, 5.41) is 0. The third-order valence-electron chi connectivity index (χ3n) is 1.59. The molecule has 1 heterocycles. The van der Waals surface area contributed by atoms with Crippen molar-refractivity contribution in [3.63, 3.8) is 0 Å². The summed E-state index contributed by atoms with van der Waals surface area (Å²) in [5.41, 5.74) is 0. The molecule has 0 amide bonds. The molecule has 0 radical (unpaired) electrons. The van der Waals surface area contributed by atoms with Crippen LogP contribution in [0.3, 0.4) is 0 Å². The number of hydrogen-bond acceptors (Lipinski definition) is 3. The van der Waals surface area contributed by atoms with Crippen molar-refractivity contribution in [2.75, 3.05) is 20.3 Å². The number of methoxy groups -OCH3 is 1. The third-order valence-corrected chi connectivity index (χ3v) is 2.25. The summed E-state index contributed by atoms with van der Waals surface area (Å²) < 4.78 is 15.4. The molecule has 4 heteroatoms. The molecule has 0 aliphatic carbocycles.